The van der Waals surface area contributed by atoms with Crippen LogP contribution in [0.2, 0.25) is 0 Å². The molecule has 0 aliphatic carbocycles. The second-order valence-corrected chi connectivity index (χ2v) is 11.4. The number of amides is 1. The number of aromatic nitrogens is 4. The van der Waals surface area contributed by atoms with Crippen LogP contribution in [0.1, 0.15) is 40.1 Å². The number of hydrogen-bond acceptors (Lipinski definition) is 6. The number of rotatable bonds is 11. The number of quaternary nitrogens is 1. The third-order valence-corrected chi connectivity index (χ3v) is 8.11. The quantitative estimate of drug-likeness (QED) is 0.0917. The Hall–Kier alpha value is -3.10. The Balaban J connectivity index is 0.00000240. The third kappa shape index (κ3) is 8.62. The summed E-state index contributed by atoms with van der Waals surface area (Å²) in [5.41, 5.74) is 4.53. The monoisotopic (exact) mass is 720 g/mol. The van der Waals surface area contributed by atoms with Crippen molar-refractivity contribution in [3.63, 3.8) is 0 Å². The van der Waals surface area contributed by atoms with Gasteiger partial charge in [0.05, 0.1) is 31.4 Å². The van der Waals surface area contributed by atoms with E-state index in [-0.39, 0.29) is 44.9 Å². The topological polar surface area (TPSA) is 109 Å². The van der Waals surface area contributed by atoms with E-state index >= 15 is 0 Å². The van der Waals surface area contributed by atoms with Crippen molar-refractivity contribution in [2.24, 2.45) is 0 Å². The Kier molecular flexibility index (Phi) is 13.3. The number of nitrogens with one attached hydrogen (secondary N) is 1. The van der Waals surface area contributed by atoms with Crippen LogP contribution in [0, 0.1) is 12.1 Å². The summed E-state index contributed by atoms with van der Waals surface area (Å²) in [6.07, 6.45) is 6.76. The summed E-state index contributed by atoms with van der Waals surface area (Å²) in [7, 11) is 0. The molecule has 2 aliphatic heterocycles. The molecule has 3 N–H and O–H groups in total. The summed E-state index contributed by atoms with van der Waals surface area (Å²) >= 11 is 0. The summed E-state index contributed by atoms with van der Waals surface area (Å²) in [6, 6.07) is 23.9. The minimum Gasteiger partial charge on any atom is -0.850 e. The Labute approximate surface area is 296 Å². The van der Waals surface area contributed by atoms with Crippen LogP contribution in [0.4, 0.5) is 0 Å². The molecule has 0 aromatic carbocycles. The first-order valence-electron chi connectivity index (χ1n) is 15.4. The van der Waals surface area contributed by atoms with E-state index in [4.69, 9.17) is 0 Å². The predicted octanol–water partition coefficient (Wildman–Crippen LogP) is -0.723. The fraction of sp³-hybridized carbons (Fsp3) is 0.324. The number of carbonyl (C=O) groups excluding carboxylic acids is 1. The van der Waals surface area contributed by atoms with Crippen LogP contribution in [0.25, 0.3) is 0 Å². The number of carbonyl (C=O) groups is 1. The van der Waals surface area contributed by atoms with Crippen LogP contribution >= 0.6 is 0 Å². The minimum atomic E-state index is -0.809. The van der Waals surface area contributed by atoms with Gasteiger partial charge in [0.25, 0.3) is 0 Å². The molecule has 0 fully saturated rings. The zero-order valence-corrected chi connectivity index (χ0v) is 32.5. The molecule has 2 aliphatic rings. The van der Waals surface area contributed by atoms with E-state index in [1.165, 1.54) is 0 Å². The molecule has 6 rings (SSSR count). The number of hydrogen-bond donors (Lipinski definition) is 2. The molecule has 6 heterocycles. The standard InChI is InChI=1S/C34H39N8O2.2Zn/c1-2-35-16-17-38-34(44)26-12-13-28-21-40(25-33(42(28)19-26)31-11-4-7-15-37-31)23-29(43)22-39-20-27-9-5-8-18-41(27)32(24-39)30-10-3-6-14-36-30;;/h3-15,18-19,29,35H,2,16-17,20-25H2,1H3,(H,38,44);;/q-1;2*+2/p+1. The summed E-state index contributed by atoms with van der Waals surface area (Å²) < 4.78 is 4.28. The van der Waals surface area contributed by atoms with Crippen molar-refractivity contribution in [3.05, 3.63) is 132 Å². The summed E-state index contributed by atoms with van der Waals surface area (Å²) in [6.45, 7) is 7.92. The number of likely N-dealkylation sites (N-methyl/N-ethyl adjacent to an activating group) is 1. The van der Waals surface area contributed by atoms with Crippen molar-refractivity contribution in [3.8, 4) is 0 Å². The first-order chi connectivity index (χ1) is 21.6. The smallest absolute Gasteiger partial charge is 0.850 e. The largest absolute Gasteiger partial charge is 2.00 e. The van der Waals surface area contributed by atoms with Gasteiger partial charge in [0, 0.05) is 50.0 Å². The Morgan fingerprint density at radius 2 is 1.50 bits per heavy atom. The third-order valence-electron chi connectivity index (χ3n) is 8.11. The van der Waals surface area contributed by atoms with Gasteiger partial charge in [-0.1, -0.05) is 36.4 Å². The van der Waals surface area contributed by atoms with E-state index in [1.54, 1.807) is 6.20 Å². The van der Waals surface area contributed by atoms with Crippen LogP contribution < -0.4 is 24.9 Å². The van der Waals surface area contributed by atoms with Gasteiger partial charge in [-0.15, -0.1) is 18.2 Å². The van der Waals surface area contributed by atoms with Crippen LogP contribution in [0.15, 0.2) is 91.5 Å². The Bertz CT molecular complexity index is 1550. The van der Waals surface area contributed by atoms with E-state index < -0.39 is 6.10 Å². The van der Waals surface area contributed by atoms with Crippen LogP contribution in [0.3, 0.4) is 0 Å². The predicted molar refractivity (Wildman–Crippen MR) is 161 cm³/mol. The van der Waals surface area contributed by atoms with E-state index in [0.29, 0.717) is 51.4 Å². The van der Waals surface area contributed by atoms with Crippen molar-refractivity contribution >= 4 is 5.91 Å². The number of nitrogens with two attached hydrogens (primary N) is 1. The first kappa shape index (κ1) is 35.7. The molecule has 46 heavy (non-hydrogen) atoms. The fourth-order valence-corrected chi connectivity index (χ4v) is 6.02. The maximum atomic E-state index is 13.7. The minimum absolute atomic E-state index is 0. The van der Waals surface area contributed by atoms with E-state index in [1.807, 2.05) is 73.1 Å². The SMILES string of the molecule is CC[NH2+]CCNC(=O)c1ccc2[n+](c1)[C-](c1ccccn1)CN(CC([O-])CN1Cc3cccc[n+]3[C-](c3ccccn3)C1)C2.[Zn+2].[Zn+2]. The zero-order chi connectivity index (χ0) is 30.3. The summed E-state index contributed by atoms with van der Waals surface area (Å²) in [4.78, 5) is 26.6. The number of pyridine rings is 4. The molecule has 12 heteroatoms. The van der Waals surface area contributed by atoms with E-state index in [0.717, 1.165) is 47.9 Å². The molecule has 1 amide bonds. The number of nitrogens with zero attached hydrogens (tertiary/aromatic N) is 6. The first-order valence-corrected chi connectivity index (χ1v) is 15.4. The molecule has 0 bridgehead atoms. The van der Waals surface area contributed by atoms with E-state index in [9.17, 15) is 9.90 Å². The maximum absolute atomic E-state index is 13.7. The molecule has 10 nitrogen and oxygen atoms in total. The van der Waals surface area contributed by atoms with Crippen LogP contribution in [0.5, 0.6) is 0 Å². The van der Waals surface area contributed by atoms with Gasteiger partial charge in [0.1, 0.15) is 29.7 Å². The van der Waals surface area contributed by atoms with Gasteiger partial charge >= 0.3 is 39.0 Å². The van der Waals surface area contributed by atoms with Gasteiger partial charge in [-0.2, -0.15) is 0 Å². The van der Waals surface area contributed by atoms with Crippen molar-refractivity contribution < 1.29 is 63.3 Å². The van der Waals surface area contributed by atoms with Crippen molar-refractivity contribution in [2.75, 3.05) is 45.8 Å². The molecule has 1 atom stereocenters. The van der Waals surface area contributed by atoms with Crippen molar-refractivity contribution in [1.82, 2.24) is 25.1 Å². The Morgan fingerprint density at radius 1 is 0.891 bits per heavy atom. The molecular formula is C34H40N8O2Zn2+4. The van der Waals surface area contributed by atoms with E-state index in [2.05, 4.69) is 58.7 Å². The maximum Gasteiger partial charge on any atom is 2.00 e. The molecule has 4 aromatic heterocycles. The van der Waals surface area contributed by atoms with Gasteiger partial charge in [0.2, 0.25) is 5.91 Å². The van der Waals surface area contributed by atoms with Gasteiger partial charge < -0.3 is 25.5 Å². The fourth-order valence-electron chi connectivity index (χ4n) is 6.02. The molecule has 1 unspecified atom stereocenters. The molecular weight excluding hydrogens is 683 g/mol. The molecule has 0 radical (unpaired) electrons. The summed E-state index contributed by atoms with van der Waals surface area (Å²) in [5, 5.41) is 18.8. The normalized spacial score (nSPS) is 15.2. The van der Waals surface area contributed by atoms with Crippen molar-refractivity contribution in [1.29, 1.82) is 0 Å². The second-order valence-electron chi connectivity index (χ2n) is 11.4. The molecule has 0 saturated carbocycles. The van der Waals surface area contributed by atoms with Crippen molar-refractivity contribution in [2.45, 2.75) is 26.1 Å². The van der Waals surface area contributed by atoms with Gasteiger partial charge in [0.15, 0.2) is 0 Å². The van der Waals surface area contributed by atoms with Gasteiger partial charge in [-0.3, -0.25) is 23.9 Å². The molecule has 228 valence electrons. The number of fused-ring (bicyclic) bond motifs is 2. The van der Waals surface area contributed by atoms with Crippen LogP contribution in [-0.2, 0) is 52.0 Å². The molecule has 0 saturated heterocycles. The molecule has 0 spiro atoms. The van der Waals surface area contributed by atoms with Gasteiger partial charge in [-0.05, 0) is 38.2 Å². The van der Waals surface area contributed by atoms with Gasteiger partial charge in [-0.25, -0.2) is 0 Å². The zero-order valence-electron chi connectivity index (χ0n) is 26.6. The molecule has 4 aromatic rings. The average molecular weight is 724 g/mol. The Morgan fingerprint density at radius 3 is 2.11 bits per heavy atom. The van der Waals surface area contributed by atoms with Crippen LogP contribution in [-0.4, -0.2) is 77.6 Å². The summed E-state index contributed by atoms with van der Waals surface area (Å²) in [5.74, 6) is -0.0876. The second kappa shape index (κ2) is 17.2. The average Bonchev–Trinajstić information content (AvgIpc) is 3.06.